The van der Waals surface area contributed by atoms with Gasteiger partial charge in [0.2, 0.25) is 0 Å². The van der Waals surface area contributed by atoms with Crippen molar-refractivity contribution < 1.29 is 4.21 Å². The molecular formula is C11H11N3OS. The largest absolute Gasteiger partial charge is 0.341 e. The fraction of sp³-hybridized carbons (Fsp3) is 0.273. The molecule has 16 heavy (non-hydrogen) atoms. The number of rotatable bonds is 4. The highest BCUT2D eigenvalue weighted by atomic mass is 32.2. The van der Waals surface area contributed by atoms with Crippen molar-refractivity contribution in [3.8, 4) is 6.07 Å². The summed E-state index contributed by atoms with van der Waals surface area (Å²) in [6.07, 6.45) is 0.326. The number of fused-ring (bicyclic) bond motifs is 1. The van der Waals surface area contributed by atoms with Gasteiger partial charge in [-0.15, -0.1) is 0 Å². The van der Waals surface area contributed by atoms with Gasteiger partial charge in [-0.05, 0) is 12.1 Å². The molecule has 5 heteroatoms. The summed E-state index contributed by atoms with van der Waals surface area (Å²) in [5.74, 6) is 1.52. The van der Waals surface area contributed by atoms with Gasteiger partial charge >= 0.3 is 0 Å². The number of hydrogen-bond donors (Lipinski definition) is 1. The zero-order valence-electron chi connectivity index (χ0n) is 8.64. The monoisotopic (exact) mass is 233 g/mol. The SMILES string of the molecule is N#CCCS(=O)Cc1nc2ccccc2[nH]1. The highest BCUT2D eigenvalue weighted by Crippen LogP contribution is 2.11. The van der Waals surface area contributed by atoms with Crippen LogP contribution in [0.25, 0.3) is 11.0 Å². The molecule has 0 aliphatic carbocycles. The predicted octanol–water partition coefficient (Wildman–Crippen LogP) is 1.73. The molecule has 82 valence electrons. The van der Waals surface area contributed by atoms with Gasteiger partial charge in [0.05, 0.1) is 22.9 Å². The van der Waals surface area contributed by atoms with Crippen LogP contribution in [0.3, 0.4) is 0 Å². The summed E-state index contributed by atoms with van der Waals surface area (Å²) in [6.45, 7) is 0. The summed E-state index contributed by atoms with van der Waals surface area (Å²) in [6, 6.07) is 9.68. The number of nitriles is 1. The van der Waals surface area contributed by atoms with E-state index >= 15 is 0 Å². The Morgan fingerprint density at radius 3 is 3.00 bits per heavy atom. The third-order valence-electron chi connectivity index (χ3n) is 2.18. The van der Waals surface area contributed by atoms with E-state index in [0.29, 0.717) is 17.9 Å². The first-order chi connectivity index (χ1) is 7.79. The van der Waals surface area contributed by atoms with E-state index in [9.17, 15) is 4.21 Å². The lowest BCUT2D eigenvalue weighted by Gasteiger charge is -1.94. The third-order valence-corrected chi connectivity index (χ3v) is 3.43. The molecule has 2 aromatic rings. The van der Waals surface area contributed by atoms with Gasteiger partial charge in [-0.3, -0.25) is 4.21 Å². The molecule has 2 rings (SSSR count). The van der Waals surface area contributed by atoms with Crippen molar-refractivity contribution in [1.29, 1.82) is 5.26 Å². The Morgan fingerprint density at radius 1 is 1.44 bits per heavy atom. The molecule has 1 N–H and O–H groups in total. The molecule has 0 amide bonds. The minimum Gasteiger partial charge on any atom is -0.341 e. The van der Waals surface area contributed by atoms with E-state index in [4.69, 9.17) is 5.26 Å². The van der Waals surface area contributed by atoms with Gasteiger partial charge in [0.25, 0.3) is 0 Å². The van der Waals surface area contributed by atoms with Gasteiger partial charge in [-0.2, -0.15) is 5.26 Å². The molecule has 0 bridgehead atoms. The van der Waals surface area contributed by atoms with Crippen molar-refractivity contribution in [3.63, 3.8) is 0 Å². The molecule has 0 spiro atoms. The topological polar surface area (TPSA) is 69.5 Å². The Morgan fingerprint density at radius 2 is 2.25 bits per heavy atom. The van der Waals surface area contributed by atoms with Gasteiger partial charge in [-0.1, -0.05) is 12.1 Å². The van der Waals surface area contributed by atoms with Crippen molar-refractivity contribution in [2.45, 2.75) is 12.2 Å². The van der Waals surface area contributed by atoms with Crippen LogP contribution in [-0.2, 0) is 16.6 Å². The van der Waals surface area contributed by atoms with Gasteiger partial charge in [0.1, 0.15) is 5.82 Å². The zero-order chi connectivity index (χ0) is 11.4. The highest BCUT2D eigenvalue weighted by Gasteiger charge is 2.06. The van der Waals surface area contributed by atoms with Crippen LogP contribution in [0.5, 0.6) is 0 Å². The molecule has 1 unspecified atom stereocenters. The van der Waals surface area contributed by atoms with Crippen LogP contribution in [0, 0.1) is 11.3 Å². The molecule has 0 fully saturated rings. The first-order valence-corrected chi connectivity index (χ1v) is 6.44. The van der Waals surface area contributed by atoms with E-state index in [1.807, 2.05) is 30.3 Å². The van der Waals surface area contributed by atoms with E-state index in [-0.39, 0.29) is 0 Å². The zero-order valence-corrected chi connectivity index (χ0v) is 9.46. The molecule has 1 aromatic carbocycles. The summed E-state index contributed by atoms with van der Waals surface area (Å²) in [5, 5.41) is 8.39. The maximum atomic E-state index is 11.5. The molecule has 0 saturated carbocycles. The Balaban J connectivity index is 2.10. The van der Waals surface area contributed by atoms with Crippen LogP contribution in [-0.4, -0.2) is 19.9 Å². The second kappa shape index (κ2) is 4.90. The quantitative estimate of drug-likeness (QED) is 0.874. The van der Waals surface area contributed by atoms with Crippen LogP contribution < -0.4 is 0 Å². The Labute approximate surface area is 95.8 Å². The maximum Gasteiger partial charge on any atom is 0.119 e. The third kappa shape index (κ3) is 2.47. The summed E-state index contributed by atoms with van der Waals surface area (Å²) in [7, 11) is -1.01. The number of nitrogens with one attached hydrogen (secondary N) is 1. The summed E-state index contributed by atoms with van der Waals surface area (Å²) in [5.41, 5.74) is 1.84. The van der Waals surface area contributed by atoms with Crippen molar-refractivity contribution in [2.24, 2.45) is 0 Å². The van der Waals surface area contributed by atoms with Gasteiger partial charge in [-0.25, -0.2) is 4.98 Å². The highest BCUT2D eigenvalue weighted by molar-refractivity contribution is 7.84. The van der Waals surface area contributed by atoms with E-state index < -0.39 is 10.8 Å². The molecule has 1 aromatic heterocycles. The second-order valence-electron chi connectivity index (χ2n) is 3.40. The van der Waals surface area contributed by atoms with E-state index in [2.05, 4.69) is 9.97 Å². The van der Waals surface area contributed by atoms with Crippen LogP contribution in [0.4, 0.5) is 0 Å². The van der Waals surface area contributed by atoms with Crippen LogP contribution in [0.15, 0.2) is 24.3 Å². The first kappa shape index (κ1) is 10.8. The lowest BCUT2D eigenvalue weighted by molar-refractivity contribution is 0.681. The van der Waals surface area contributed by atoms with Gasteiger partial charge < -0.3 is 4.98 Å². The van der Waals surface area contributed by atoms with E-state index in [1.54, 1.807) is 0 Å². The fourth-order valence-electron chi connectivity index (χ4n) is 1.46. The predicted molar refractivity (Wildman–Crippen MR) is 63.0 cm³/mol. The van der Waals surface area contributed by atoms with Crippen molar-refractivity contribution >= 4 is 21.8 Å². The second-order valence-corrected chi connectivity index (χ2v) is 4.97. The normalized spacial score (nSPS) is 12.4. The first-order valence-electron chi connectivity index (χ1n) is 4.95. The van der Waals surface area contributed by atoms with E-state index in [1.165, 1.54) is 0 Å². The lowest BCUT2D eigenvalue weighted by atomic mass is 10.3. The number of hydrogen-bond acceptors (Lipinski definition) is 3. The Kier molecular flexibility index (Phi) is 3.32. The minimum absolute atomic E-state index is 0.326. The average Bonchev–Trinajstić information content (AvgIpc) is 2.68. The maximum absolute atomic E-state index is 11.5. The van der Waals surface area contributed by atoms with Crippen LogP contribution >= 0.6 is 0 Å². The molecule has 0 radical (unpaired) electrons. The lowest BCUT2D eigenvalue weighted by Crippen LogP contribution is -2.01. The Bertz CT molecular complexity index is 523. The standard InChI is InChI=1S/C11H11N3OS/c12-6-3-7-16(15)8-11-13-9-4-1-2-5-10(9)14-11/h1-2,4-5H,3,7-8H2,(H,13,14). The molecule has 0 aliphatic heterocycles. The number of imidazole rings is 1. The van der Waals surface area contributed by atoms with Crippen LogP contribution in [0.2, 0.25) is 0 Å². The number of aromatic nitrogens is 2. The number of H-pyrrole nitrogens is 1. The number of benzene rings is 1. The van der Waals surface area contributed by atoms with Crippen molar-refractivity contribution in [1.82, 2.24) is 9.97 Å². The molecule has 4 nitrogen and oxygen atoms in total. The van der Waals surface area contributed by atoms with Gasteiger partial charge in [0, 0.05) is 23.0 Å². The molecule has 1 atom stereocenters. The molecule has 0 aliphatic rings. The summed E-state index contributed by atoms with van der Waals surface area (Å²) in [4.78, 5) is 7.45. The number of para-hydroxylation sites is 2. The van der Waals surface area contributed by atoms with E-state index in [0.717, 1.165) is 16.9 Å². The number of nitrogens with zero attached hydrogens (tertiary/aromatic N) is 2. The summed E-state index contributed by atoms with van der Waals surface area (Å²) >= 11 is 0. The molecular weight excluding hydrogens is 222 g/mol. The van der Waals surface area contributed by atoms with Crippen molar-refractivity contribution in [2.75, 3.05) is 5.75 Å². The minimum atomic E-state index is -1.01. The van der Waals surface area contributed by atoms with Crippen LogP contribution in [0.1, 0.15) is 12.2 Å². The smallest absolute Gasteiger partial charge is 0.119 e. The van der Waals surface area contributed by atoms with Crippen molar-refractivity contribution in [3.05, 3.63) is 30.1 Å². The average molecular weight is 233 g/mol. The molecule has 0 saturated heterocycles. The fourth-order valence-corrected chi connectivity index (χ4v) is 2.36. The summed E-state index contributed by atoms with van der Waals surface area (Å²) < 4.78 is 11.5. The number of aromatic amines is 1. The Hall–Kier alpha value is -1.67. The van der Waals surface area contributed by atoms with Gasteiger partial charge in [0.15, 0.2) is 0 Å². The molecule has 1 heterocycles.